The van der Waals surface area contributed by atoms with Crippen LogP contribution in [-0.4, -0.2) is 58.1 Å². The first-order chi connectivity index (χ1) is 17.9. The summed E-state index contributed by atoms with van der Waals surface area (Å²) in [6, 6.07) is 12.3. The van der Waals surface area contributed by atoms with Crippen molar-refractivity contribution < 1.29 is 18.6 Å². The van der Waals surface area contributed by atoms with Gasteiger partial charge in [-0.3, -0.25) is 10.4 Å². The Morgan fingerprint density at radius 1 is 1.14 bits per heavy atom. The first-order valence-electron chi connectivity index (χ1n) is 11.3. The number of amidine groups is 1. The van der Waals surface area contributed by atoms with E-state index in [0.29, 0.717) is 40.6 Å². The van der Waals surface area contributed by atoms with Crippen LogP contribution in [0.15, 0.2) is 59.7 Å². The van der Waals surface area contributed by atoms with Gasteiger partial charge in [0.15, 0.2) is 11.5 Å². The molecule has 0 saturated carbocycles. The molecule has 37 heavy (non-hydrogen) atoms. The highest BCUT2D eigenvalue weighted by atomic mass is 19.1. The highest BCUT2D eigenvalue weighted by Gasteiger charge is 2.25. The number of rotatable bonds is 11. The van der Waals surface area contributed by atoms with Crippen molar-refractivity contribution in [1.82, 2.24) is 24.7 Å². The zero-order valence-corrected chi connectivity index (χ0v) is 20.3. The predicted molar refractivity (Wildman–Crippen MR) is 134 cm³/mol. The van der Waals surface area contributed by atoms with Crippen LogP contribution in [0.4, 0.5) is 4.39 Å². The molecule has 0 bridgehead atoms. The van der Waals surface area contributed by atoms with Crippen LogP contribution in [0.5, 0.6) is 17.2 Å². The van der Waals surface area contributed by atoms with Crippen molar-refractivity contribution in [2.24, 2.45) is 5.73 Å². The molecule has 11 nitrogen and oxygen atoms in total. The van der Waals surface area contributed by atoms with Crippen molar-refractivity contribution >= 4 is 5.84 Å². The van der Waals surface area contributed by atoms with Gasteiger partial charge in [0.05, 0.1) is 14.2 Å². The summed E-state index contributed by atoms with van der Waals surface area (Å²) in [5, 5.41) is 12.1. The van der Waals surface area contributed by atoms with Crippen LogP contribution >= 0.6 is 0 Å². The molecule has 12 heteroatoms. The van der Waals surface area contributed by atoms with Gasteiger partial charge >= 0.3 is 5.69 Å². The van der Waals surface area contributed by atoms with Crippen molar-refractivity contribution in [2.75, 3.05) is 27.5 Å². The first kappa shape index (κ1) is 25.4. The van der Waals surface area contributed by atoms with Gasteiger partial charge in [0, 0.05) is 23.9 Å². The van der Waals surface area contributed by atoms with Crippen LogP contribution in [0.2, 0.25) is 0 Å². The number of ether oxygens (including phenoxy) is 3. The lowest BCUT2D eigenvalue weighted by molar-refractivity contribution is 0.254. The molecule has 0 fully saturated rings. The average molecular weight is 508 g/mol. The van der Waals surface area contributed by atoms with E-state index in [0.717, 1.165) is 10.2 Å². The fourth-order valence-electron chi connectivity index (χ4n) is 3.87. The lowest BCUT2D eigenvalue weighted by Gasteiger charge is -2.20. The van der Waals surface area contributed by atoms with Gasteiger partial charge in [-0.1, -0.05) is 24.3 Å². The molecule has 4 N–H and O–H groups in total. The molecule has 0 radical (unpaired) electrons. The molecule has 0 spiro atoms. The number of methoxy groups -OCH3 is 2. The Hall–Kier alpha value is -4.74. The number of aromatic amines is 1. The minimum Gasteiger partial charge on any atom is -0.493 e. The fraction of sp³-hybridized carbons (Fsp3) is 0.240. The molecule has 1 atom stereocenters. The third-order valence-electron chi connectivity index (χ3n) is 5.62. The Morgan fingerprint density at radius 3 is 2.46 bits per heavy atom. The van der Waals surface area contributed by atoms with Crippen LogP contribution in [0, 0.1) is 5.41 Å². The summed E-state index contributed by atoms with van der Waals surface area (Å²) in [6.07, 6.45) is 3.43. The van der Waals surface area contributed by atoms with E-state index in [9.17, 15) is 9.18 Å². The summed E-state index contributed by atoms with van der Waals surface area (Å²) in [4.78, 5) is 23.8. The second-order valence-electron chi connectivity index (χ2n) is 7.94. The summed E-state index contributed by atoms with van der Waals surface area (Å²) in [5.41, 5.74) is 7.24. The fourth-order valence-corrected chi connectivity index (χ4v) is 3.87. The van der Waals surface area contributed by atoms with E-state index in [-0.39, 0.29) is 18.4 Å². The molecule has 0 saturated heterocycles. The van der Waals surface area contributed by atoms with Crippen molar-refractivity contribution in [1.29, 1.82) is 5.41 Å². The lowest BCUT2D eigenvalue weighted by Crippen LogP contribution is -2.18. The van der Waals surface area contributed by atoms with Crippen LogP contribution in [0.1, 0.15) is 28.4 Å². The topological polar surface area (TPSA) is 154 Å². The highest BCUT2D eigenvalue weighted by molar-refractivity contribution is 5.94. The maximum absolute atomic E-state index is 12.9. The molecule has 0 amide bonds. The molecule has 4 rings (SSSR count). The number of H-pyrrole nitrogens is 1. The Morgan fingerprint density at radius 2 is 1.84 bits per heavy atom. The maximum Gasteiger partial charge on any atom is 0.350 e. The van der Waals surface area contributed by atoms with Gasteiger partial charge in [0.2, 0.25) is 5.75 Å². The van der Waals surface area contributed by atoms with E-state index in [1.807, 2.05) is 12.1 Å². The molecule has 0 aliphatic heterocycles. The maximum atomic E-state index is 12.9. The third-order valence-corrected chi connectivity index (χ3v) is 5.62. The lowest BCUT2D eigenvalue weighted by atomic mass is 9.90. The van der Waals surface area contributed by atoms with E-state index >= 15 is 0 Å². The van der Waals surface area contributed by atoms with Crippen LogP contribution in [0.25, 0.3) is 5.95 Å². The third kappa shape index (κ3) is 5.58. The quantitative estimate of drug-likeness (QED) is 0.207. The second kappa shape index (κ2) is 11.3. The van der Waals surface area contributed by atoms with Gasteiger partial charge in [-0.15, -0.1) is 9.78 Å². The number of nitrogens with two attached hydrogens (primary N) is 1. The molecule has 0 aliphatic carbocycles. The van der Waals surface area contributed by atoms with Crippen molar-refractivity contribution in [3.63, 3.8) is 0 Å². The molecule has 2 heterocycles. The minimum atomic E-state index is -0.684. The standard InChI is InChI=1S/C25H26FN7O4/c1-35-19-13-17(14-20(21(19)36-2)37-11-8-26)18(12-15-4-6-16(7-5-15)22(27)28)23-31-25(34)33(32-23)24-29-9-3-10-30-24/h3-7,9-10,13-14,18H,8,11-12H2,1-2H3,(H3,27,28)(H,31,32,34). The smallest absolute Gasteiger partial charge is 0.350 e. The number of nitrogen functional groups attached to an aromatic ring is 1. The van der Waals surface area contributed by atoms with Crippen LogP contribution in [0.3, 0.4) is 0 Å². The van der Waals surface area contributed by atoms with E-state index in [2.05, 4.69) is 20.1 Å². The van der Waals surface area contributed by atoms with Crippen LogP contribution < -0.4 is 25.6 Å². The number of nitrogens with zero attached hydrogens (tertiary/aromatic N) is 4. The molecule has 2 aromatic heterocycles. The van der Waals surface area contributed by atoms with Gasteiger partial charge in [-0.05, 0) is 35.7 Å². The van der Waals surface area contributed by atoms with E-state index in [1.54, 1.807) is 30.3 Å². The van der Waals surface area contributed by atoms with Crippen molar-refractivity contribution in [3.8, 4) is 23.2 Å². The van der Waals surface area contributed by atoms with E-state index < -0.39 is 18.3 Å². The van der Waals surface area contributed by atoms with Gasteiger partial charge in [0.25, 0.3) is 5.95 Å². The first-order valence-corrected chi connectivity index (χ1v) is 11.3. The van der Waals surface area contributed by atoms with Crippen LogP contribution in [-0.2, 0) is 6.42 Å². The van der Waals surface area contributed by atoms with Gasteiger partial charge < -0.3 is 19.9 Å². The van der Waals surface area contributed by atoms with E-state index in [4.69, 9.17) is 25.4 Å². The number of hydrogen-bond donors (Lipinski definition) is 3. The Labute approximate surface area is 211 Å². The highest BCUT2D eigenvalue weighted by Crippen LogP contribution is 2.41. The Bertz CT molecular complexity index is 1420. The van der Waals surface area contributed by atoms with E-state index in [1.165, 1.54) is 26.6 Å². The molecular weight excluding hydrogens is 481 g/mol. The normalized spacial score (nSPS) is 11.6. The molecule has 192 valence electrons. The number of hydrogen-bond acceptors (Lipinski definition) is 8. The molecular formula is C25H26FN7O4. The number of alkyl halides is 1. The summed E-state index contributed by atoms with van der Waals surface area (Å²) in [6.45, 7) is -0.854. The number of halogens is 1. The summed E-state index contributed by atoms with van der Waals surface area (Å²) in [7, 11) is 2.95. The summed E-state index contributed by atoms with van der Waals surface area (Å²) < 4.78 is 30.6. The zero-order chi connectivity index (χ0) is 26.4. The largest absolute Gasteiger partial charge is 0.493 e. The predicted octanol–water partition coefficient (Wildman–Crippen LogP) is 2.37. The Balaban J connectivity index is 1.83. The van der Waals surface area contributed by atoms with Crippen molar-refractivity contribution in [3.05, 3.63) is 87.9 Å². The molecule has 1 unspecified atom stereocenters. The van der Waals surface area contributed by atoms with Gasteiger partial charge in [-0.2, -0.15) is 0 Å². The molecule has 0 aliphatic rings. The monoisotopic (exact) mass is 507 g/mol. The van der Waals surface area contributed by atoms with Gasteiger partial charge in [0.1, 0.15) is 24.9 Å². The number of benzene rings is 2. The summed E-state index contributed by atoms with van der Waals surface area (Å²) >= 11 is 0. The summed E-state index contributed by atoms with van der Waals surface area (Å²) in [5.74, 6) is 0.923. The second-order valence-corrected chi connectivity index (χ2v) is 7.94. The number of aromatic nitrogens is 5. The average Bonchev–Trinajstić information content (AvgIpc) is 3.31. The zero-order valence-electron chi connectivity index (χ0n) is 20.3. The Kier molecular flexibility index (Phi) is 7.77. The minimum absolute atomic E-state index is 0.0384. The number of nitrogens with one attached hydrogen (secondary N) is 2. The molecule has 4 aromatic rings. The van der Waals surface area contributed by atoms with Crippen molar-refractivity contribution in [2.45, 2.75) is 12.3 Å². The molecule has 2 aromatic carbocycles. The van der Waals surface area contributed by atoms with Gasteiger partial charge in [-0.25, -0.2) is 19.2 Å². The SMILES string of the molecule is COc1cc(C(Cc2ccc(C(=N)N)cc2)c2nn(-c3ncccn3)c(=O)[nH]2)cc(OCCF)c1OC.